The average molecular weight is 203 g/mol. The van der Waals surface area contributed by atoms with Crippen LogP contribution in [0.1, 0.15) is 5.56 Å². The van der Waals surface area contributed by atoms with Crippen molar-refractivity contribution in [1.29, 1.82) is 0 Å². The van der Waals surface area contributed by atoms with Gasteiger partial charge in [-0.3, -0.25) is 0 Å². The van der Waals surface area contributed by atoms with Gasteiger partial charge in [0, 0.05) is 16.0 Å². The Kier molecular flexibility index (Phi) is 1.36. The van der Waals surface area contributed by atoms with Gasteiger partial charge in [-0.1, -0.05) is 48.6 Å². The van der Waals surface area contributed by atoms with Gasteiger partial charge in [0.1, 0.15) is 0 Å². The third kappa shape index (κ3) is 0.878. The Labute approximate surface area is 92.4 Å². The molecule has 1 heterocycles. The van der Waals surface area contributed by atoms with Gasteiger partial charge in [0.05, 0.1) is 11.0 Å². The van der Waals surface area contributed by atoms with Crippen molar-refractivity contribution in [3.05, 3.63) is 69.1 Å². The topological polar surface area (TPSA) is 12.4 Å². The molecule has 0 radical (unpaired) electrons. The summed E-state index contributed by atoms with van der Waals surface area (Å²) in [5.74, 6) is 0. The van der Waals surface area contributed by atoms with Gasteiger partial charge in [0.25, 0.3) is 0 Å². The molecule has 0 N–H and O–H groups in total. The maximum atomic E-state index is 4.72. The van der Waals surface area contributed by atoms with E-state index >= 15 is 0 Å². The zero-order valence-corrected chi connectivity index (χ0v) is 8.64. The Morgan fingerprint density at radius 2 is 1.81 bits per heavy atom. The van der Waals surface area contributed by atoms with Crippen molar-refractivity contribution in [3.8, 4) is 0 Å². The average Bonchev–Trinajstić information content (AvgIpc) is 2.92. The van der Waals surface area contributed by atoms with E-state index in [0.29, 0.717) is 0 Å². The van der Waals surface area contributed by atoms with Gasteiger partial charge < -0.3 is 0 Å². The molecule has 0 saturated heterocycles. The highest BCUT2D eigenvalue weighted by Crippen LogP contribution is 2.23. The summed E-state index contributed by atoms with van der Waals surface area (Å²) in [7, 11) is 0. The fraction of sp³-hybridized carbons (Fsp3) is 0. The first kappa shape index (κ1) is 8.05. The molecule has 0 bridgehead atoms. The minimum absolute atomic E-state index is 1.09. The van der Waals surface area contributed by atoms with Crippen LogP contribution in [0.5, 0.6) is 0 Å². The second kappa shape index (κ2) is 2.70. The SMILES string of the molecule is C1=Cc2c3c(ccc2=C1)=c1ccccc1=N3. The third-order valence-corrected chi connectivity index (χ3v) is 3.22. The Balaban J connectivity index is 2.35. The number of rotatable bonds is 0. The lowest BCUT2D eigenvalue weighted by Crippen LogP contribution is -2.00. The molecule has 1 aliphatic heterocycles. The molecule has 4 rings (SSSR count). The number of allylic oxidation sites excluding steroid dienone is 1. The highest BCUT2D eigenvalue weighted by atomic mass is 14.7. The van der Waals surface area contributed by atoms with Gasteiger partial charge in [-0.05, 0) is 11.3 Å². The Hall–Kier alpha value is -2.15. The number of fused-ring (bicyclic) bond motifs is 4. The van der Waals surface area contributed by atoms with Crippen molar-refractivity contribution in [2.75, 3.05) is 0 Å². The molecule has 1 aliphatic carbocycles. The van der Waals surface area contributed by atoms with E-state index in [1.165, 1.54) is 21.2 Å². The van der Waals surface area contributed by atoms with Gasteiger partial charge in [0.15, 0.2) is 0 Å². The number of benzene rings is 2. The molecule has 74 valence electrons. The van der Waals surface area contributed by atoms with E-state index in [1.807, 2.05) is 6.07 Å². The van der Waals surface area contributed by atoms with Crippen LogP contribution < -0.4 is 10.6 Å². The summed E-state index contributed by atoms with van der Waals surface area (Å²) in [6, 6.07) is 12.7. The molecule has 0 atom stereocenters. The first-order chi connectivity index (χ1) is 7.93. The molecule has 0 aromatic heterocycles. The Morgan fingerprint density at radius 3 is 2.81 bits per heavy atom. The first-order valence-electron chi connectivity index (χ1n) is 5.43. The van der Waals surface area contributed by atoms with Gasteiger partial charge in [-0.15, -0.1) is 0 Å². The molecule has 0 saturated carbocycles. The predicted octanol–water partition coefficient (Wildman–Crippen LogP) is 2.05. The van der Waals surface area contributed by atoms with Crippen LogP contribution >= 0.6 is 0 Å². The molecule has 0 amide bonds. The molecule has 1 nitrogen and oxygen atoms in total. The number of para-hydroxylation sites is 1. The maximum Gasteiger partial charge on any atom is 0.0794 e. The van der Waals surface area contributed by atoms with Crippen LogP contribution in [0.2, 0.25) is 0 Å². The van der Waals surface area contributed by atoms with Crippen LogP contribution in [0.3, 0.4) is 0 Å². The fourth-order valence-electron chi connectivity index (χ4n) is 2.45. The molecule has 16 heavy (non-hydrogen) atoms. The molecular formula is C15H9N. The lowest BCUT2D eigenvalue weighted by Gasteiger charge is -1.96. The third-order valence-electron chi connectivity index (χ3n) is 3.22. The molecule has 0 fully saturated rings. The summed E-state index contributed by atoms with van der Waals surface area (Å²) in [5, 5.41) is 4.87. The van der Waals surface area contributed by atoms with E-state index in [1.54, 1.807) is 0 Å². The highest BCUT2D eigenvalue weighted by Gasteiger charge is 2.09. The lowest BCUT2D eigenvalue weighted by atomic mass is 10.1. The van der Waals surface area contributed by atoms with Crippen molar-refractivity contribution in [2.45, 2.75) is 0 Å². The second-order valence-electron chi connectivity index (χ2n) is 4.12. The molecule has 1 heteroatoms. The van der Waals surface area contributed by atoms with Crippen molar-refractivity contribution in [2.24, 2.45) is 4.99 Å². The molecule has 2 aliphatic rings. The molecular weight excluding hydrogens is 194 g/mol. The van der Waals surface area contributed by atoms with Crippen LogP contribution in [0.25, 0.3) is 12.2 Å². The number of hydrogen-bond acceptors (Lipinski definition) is 1. The summed E-state index contributed by atoms with van der Waals surface area (Å²) < 4.78 is 0. The second-order valence-corrected chi connectivity index (χ2v) is 4.12. The van der Waals surface area contributed by atoms with Crippen molar-refractivity contribution in [1.82, 2.24) is 0 Å². The molecule has 0 unspecified atom stereocenters. The standard InChI is InChI=1S/C15H9N/c1-2-7-14-12(5-1)13-9-8-10-4-3-6-11(10)15(13)16-14/h1-9H. The zero-order valence-electron chi connectivity index (χ0n) is 8.64. The number of hydrogen-bond donors (Lipinski definition) is 0. The van der Waals surface area contributed by atoms with Gasteiger partial charge in [-0.2, -0.15) is 0 Å². The van der Waals surface area contributed by atoms with Crippen LogP contribution in [0, 0.1) is 10.4 Å². The van der Waals surface area contributed by atoms with Crippen LogP contribution in [-0.2, 0) is 0 Å². The van der Waals surface area contributed by atoms with Crippen LogP contribution in [-0.4, -0.2) is 0 Å². The van der Waals surface area contributed by atoms with Gasteiger partial charge in [-0.25, -0.2) is 4.99 Å². The largest absolute Gasteiger partial charge is 0.247 e. The van der Waals surface area contributed by atoms with Crippen molar-refractivity contribution < 1.29 is 0 Å². The summed E-state index contributed by atoms with van der Waals surface area (Å²) in [6.45, 7) is 0. The van der Waals surface area contributed by atoms with Crippen LogP contribution in [0.15, 0.2) is 47.5 Å². The smallest absolute Gasteiger partial charge is 0.0794 e. The summed E-state index contributed by atoms with van der Waals surface area (Å²) >= 11 is 0. The molecule has 2 aromatic rings. The molecule has 0 spiro atoms. The highest BCUT2D eigenvalue weighted by molar-refractivity contribution is 5.75. The normalized spacial score (nSPS) is 13.8. The van der Waals surface area contributed by atoms with E-state index < -0.39 is 0 Å². The van der Waals surface area contributed by atoms with E-state index in [-0.39, 0.29) is 0 Å². The first-order valence-corrected chi connectivity index (χ1v) is 5.43. The van der Waals surface area contributed by atoms with Crippen molar-refractivity contribution in [3.63, 3.8) is 0 Å². The minimum Gasteiger partial charge on any atom is -0.247 e. The van der Waals surface area contributed by atoms with Gasteiger partial charge in [0.2, 0.25) is 0 Å². The van der Waals surface area contributed by atoms with Gasteiger partial charge >= 0.3 is 0 Å². The quantitative estimate of drug-likeness (QED) is 0.530. The van der Waals surface area contributed by atoms with E-state index in [4.69, 9.17) is 4.99 Å². The predicted molar refractivity (Wildman–Crippen MR) is 64.5 cm³/mol. The van der Waals surface area contributed by atoms with Crippen molar-refractivity contribution >= 4 is 17.8 Å². The molecule has 2 aromatic carbocycles. The van der Waals surface area contributed by atoms with E-state index in [0.717, 1.165) is 11.0 Å². The Morgan fingerprint density at radius 1 is 0.875 bits per heavy atom. The monoisotopic (exact) mass is 203 g/mol. The lowest BCUT2D eigenvalue weighted by molar-refractivity contribution is 1.36. The summed E-state index contributed by atoms with van der Waals surface area (Å²) in [4.78, 5) is 4.72. The Bertz CT molecular complexity index is 842. The number of nitrogens with zero attached hydrogens (tertiary/aromatic N) is 1. The maximum absolute atomic E-state index is 4.72. The summed E-state index contributed by atoms with van der Waals surface area (Å²) in [5.41, 5.74) is 2.39. The fourth-order valence-corrected chi connectivity index (χ4v) is 2.45. The summed E-state index contributed by atoms with van der Waals surface area (Å²) in [6.07, 6.45) is 6.36. The minimum atomic E-state index is 1.09. The van der Waals surface area contributed by atoms with E-state index in [9.17, 15) is 0 Å². The zero-order chi connectivity index (χ0) is 10.5. The van der Waals surface area contributed by atoms with Crippen LogP contribution in [0.4, 0.5) is 5.69 Å². The van der Waals surface area contributed by atoms with E-state index in [2.05, 4.69) is 48.6 Å².